The van der Waals surface area contributed by atoms with Gasteiger partial charge in [-0.1, -0.05) is 37.3 Å². The van der Waals surface area contributed by atoms with E-state index in [9.17, 15) is 4.79 Å². The number of carbonyl (C=O) groups is 1. The van der Waals surface area contributed by atoms with E-state index in [0.29, 0.717) is 25.5 Å². The highest BCUT2D eigenvalue weighted by molar-refractivity contribution is 5.90. The van der Waals surface area contributed by atoms with Gasteiger partial charge in [-0.2, -0.15) is 0 Å². The van der Waals surface area contributed by atoms with Crippen LogP contribution in [0, 0.1) is 0 Å². The third-order valence-corrected chi connectivity index (χ3v) is 4.21. The summed E-state index contributed by atoms with van der Waals surface area (Å²) >= 11 is 0. The number of hydrogen-bond donors (Lipinski definition) is 3. The smallest absolute Gasteiger partial charge is 0.224 e. The molecule has 3 N–H and O–H groups in total. The maximum absolute atomic E-state index is 11.8. The quantitative estimate of drug-likeness (QED) is 0.443. The predicted molar refractivity (Wildman–Crippen MR) is 124 cm³/mol. The van der Waals surface area contributed by atoms with Crippen LogP contribution in [0.25, 0.3) is 0 Å². The second kappa shape index (κ2) is 11.2. The van der Waals surface area contributed by atoms with Gasteiger partial charge in [0.1, 0.15) is 11.4 Å². The zero-order valence-corrected chi connectivity index (χ0v) is 18.7. The lowest BCUT2D eigenvalue weighted by Crippen LogP contribution is -2.36. The number of aliphatic imine (C=N–C) groups is 1. The fraction of sp³-hybridized carbons (Fsp3) is 0.417. The first-order valence-corrected chi connectivity index (χ1v) is 10.4. The van der Waals surface area contributed by atoms with Crippen molar-refractivity contribution < 1.29 is 9.53 Å². The number of nitrogens with zero attached hydrogens (tertiary/aromatic N) is 1. The van der Waals surface area contributed by atoms with E-state index in [4.69, 9.17) is 4.74 Å². The van der Waals surface area contributed by atoms with Crippen LogP contribution in [0.1, 0.15) is 51.7 Å². The van der Waals surface area contributed by atoms with E-state index in [1.54, 1.807) is 7.05 Å². The number of nitrogens with one attached hydrogen (secondary N) is 3. The Bertz CT molecular complexity index is 856. The van der Waals surface area contributed by atoms with Crippen molar-refractivity contribution in [3.8, 4) is 5.75 Å². The second-order valence-electron chi connectivity index (χ2n) is 8.10. The standard InChI is InChI=1S/C24H34N4O2/c1-6-10-22(29)28-20-13-9-11-18(15-20)16-26-23(25-5)27-17-19-12-7-8-14-21(19)30-24(2,3)4/h7-9,11-15H,6,10,16-17H2,1-5H3,(H,28,29)(H2,25,26,27). The number of amides is 1. The zero-order chi connectivity index (χ0) is 22.0. The highest BCUT2D eigenvalue weighted by atomic mass is 16.5. The minimum absolute atomic E-state index is 0.0382. The van der Waals surface area contributed by atoms with Gasteiger partial charge in [0.15, 0.2) is 5.96 Å². The fourth-order valence-electron chi connectivity index (χ4n) is 2.87. The summed E-state index contributed by atoms with van der Waals surface area (Å²) in [6.07, 6.45) is 1.36. The number of para-hydroxylation sites is 1. The summed E-state index contributed by atoms with van der Waals surface area (Å²) in [5.74, 6) is 1.60. The van der Waals surface area contributed by atoms with Crippen LogP contribution in [0.2, 0.25) is 0 Å². The maximum Gasteiger partial charge on any atom is 0.224 e. The van der Waals surface area contributed by atoms with Crippen LogP contribution >= 0.6 is 0 Å². The highest BCUT2D eigenvalue weighted by Crippen LogP contribution is 2.22. The van der Waals surface area contributed by atoms with E-state index in [2.05, 4.69) is 20.9 Å². The molecule has 2 aromatic rings. The summed E-state index contributed by atoms with van der Waals surface area (Å²) in [4.78, 5) is 16.1. The summed E-state index contributed by atoms with van der Waals surface area (Å²) in [5, 5.41) is 9.58. The van der Waals surface area contributed by atoms with E-state index in [1.807, 2.05) is 76.2 Å². The third kappa shape index (κ3) is 8.15. The number of guanidine groups is 1. The molecule has 0 aliphatic heterocycles. The number of hydrogen-bond acceptors (Lipinski definition) is 3. The van der Waals surface area contributed by atoms with Crippen molar-refractivity contribution in [2.24, 2.45) is 4.99 Å². The van der Waals surface area contributed by atoms with Gasteiger partial charge >= 0.3 is 0 Å². The largest absolute Gasteiger partial charge is 0.488 e. The molecule has 30 heavy (non-hydrogen) atoms. The Morgan fingerprint density at radius 2 is 1.77 bits per heavy atom. The van der Waals surface area contributed by atoms with Crippen LogP contribution in [-0.2, 0) is 17.9 Å². The van der Waals surface area contributed by atoms with Gasteiger partial charge in [0.25, 0.3) is 0 Å². The minimum atomic E-state index is -0.256. The summed E-state index contributed by atoms with van der Waals surface area (Å²) in [6.45, 7) is 9.30. The Labute approximate surface area is 180 Å². The average molecular weight is 411 g/mol. The number of ether oxygens (including phenoxy) is 1. The molecule has 0 fully saturated rings. The lowest BCUT2D eigenvalue weighted by Gasteiger charge is -2.23. The third-order valence-electron chi connectivity index (χ3n) is 4.21. The normalized spacial score (nSPS) is 11.7. The molecule has 2 aromatic carbocycles. The number of rotatable bonds is 8. The molecule has 1 amide bonds. The molecule has 0 saturated heterocycles. The van der Waals surface area contributed by atoms with Crippen molar-refractivity contribution >= 4 is 17.6 Å². The predicted octanol–water partition coefficient (Wildman–Crippen LogP) is 4.47. The lowest BCUT2D eigenvalue weighted by atomic mass is 10.1. The van der Waals surface area contributed by atoms with Crippen molar-refractivity contribution in [3.63, 3.8) is 0 Å². The van der Waals surface area contributed by atoms with Crippen molar-refractivity contribution in [3.05, 3.63) is 59.7 Å². The van der Waals surface area contributed by atoms with E-state index in [0.717, 1.165) is 29.0 Å². The molecular formula is C24H34N4O2. The minimum Gasteiger partial charge on any atom is -0.488 e. The summed E-state index contributed by atoms with van der Waals surface area (Å²) in [7, 11) is 1.74. The van der Waals surface area contributed by atoms with Gasteiger partial charge in [-0.15, -0.1) is 0 Å². The van der Waals surface area contributed by atoms with E-state index < -0.39 is 0 Å². The first-order chi connectivity index (χ1) is 14.3. The molecule has 6 nitrogen and oxygen atoms in total. The van der Waals surface area contributed by atoms with Crippen LogP contribution in [0.4, 0.5) is 5.69 Å². The van der Waals surface area contributed by atoms with Gasteiger partial charge in [0.2, 0.25) is 5.91 Å². The maximum atomic E-state index is 11.8. The molecule has 0 unspecified atom stereocenters. The highest BCUT2D eigenvalue weighted by Gasteiger charge is 2.14. The van der Waals surface area contributed by atoms with Crippen LogP contribution < -0.4 is 20.7 Å². The Morgan fingerprint density at radius 3 is 2.47 bits per heavy atom. The Morgan fingerprint density at radius 1 is 1.03 bits per heavy atom. The molecule has 0 aromatic heterocycles. The van der Waals surface area contributed by atoms with Crippen LogP contribution in [0.3, 0.4) is 0 Å². The van der Waals surface area contributed by atoms with E-state index in [1.165, 1.54) is 0 Å². The lowest BCUT2D eigenvalue weighted by molar-refractivity contribution is -0.116. The van der Waals surface area contributed by atoms with Gasteiger partial charge in [-0.05, 0) is 51.0 Å². The van der Waals surface area contributed by atoms with Crippen molar-refractivity contribution in [2.45, 2.75) is 59.2 Å². The van der Waals surface area contributed by atoms with Crippen LogP contribution in [-0.4, -0.2) is 24.5 Å². The van der Waals surface area contributed by atoms with Crippen LogP contribution in [0.5, 0.6) is 5.75 Å². The zero-order valence-electron chi connectivity index (χ0n) is 18.7. The first kappa shape index (κ1) is 23.3. The molecule has 162 valence electrons. The molecule has 2 rings (SSSR count). The summed E-state index contributed by atoms with van der Waals surface area (Å²) in [5.41, 5.74) is 2.68. The molecule has 0 aliphatic rings. The van der Waals surface area contributed by atoms with Gasteiger partial charge in [0, 0.05) is 37.8 Å². The van der Waals surface area contributed by atoms with E-state index >= 15 is 0 Å². The SMILES string of the molecule is CCCC(=O)Nc1cccc(CNC(=NC)NCc2ccccc2OC(C)(C)C)c1. The molecule has 0 aliphatic carbocycles. The Balaban J connectivity index is 1.93. The van der Waals surface area contributed by atoms with Gasteiger partial charge < -0.3 is 20.7 Å². The van der Waals surface area contributed by atoms with Crippen molar-refractivity contribution in [1.29, 1.82) is 0 Å². The monoisotopic (exact) mass is 410 g/mol. The molecule has 0 atom stereocenters. The molecule has 0 bridgehead atoms. The molecule has 0 heterocycles. The molecule has 0 saturated carbocycles. The topological polar surface area (TPSA) is 74.8 Å². The summed E-state index contributed by atoms with van der Waals surface area (Å²) in [6, 6.07) is 15.8. The Hall–Kier alpha value is -3.02. The molecule has 0 spiro atoms. The van der Waals surface area contributed by atoms with Crippen molar-refractivity contribution in [2.75, 3.05) is 12.4 Å². The second-order valence-corrected chi connectivity index (χ2v) is 8.10. The fourth-order valence-corrected chi connectivity index (χ4v) is 2.87. The average Bonchev–Trinajstić information content (AvgIpc) is 2.68. The molecule has 0 radical (unpaired) electrons. The van der Waals surface area contributed by atoms with Crippen molar-refractivity contribution in [1.82, 2.24) is 10.6 Å². The van der Waals surface area contributed by atoms with Gasteiger partial charge in [0.05, 0.1) is 0 Å². The molecule has 6 heteroatoms. The van der Waals surface area contributed by atoms with Gasteiger partial charge in [-0.3, -0.25) is 9.79 Å². The number of carbonyl (C=O) groups excluding carboxylic acids is 1. The summed E-state index contributed by atoms with van der Waals surface area (Å²) < 4.78 is 6.06. The molecular weight excluding hydrogens is 376 g/mol. The van der Waals surface area contributed by atoms with E-state index in [-0.39, 0.29) is 11.5 Å². The Kier molecular flexibility index (Phi) is 8.71. The van der Waals surface area contributed by atoms with Gasteiger partial charge in [-0.25, -0.2) is 0 Å². The van der Waals surface area contributed by atoms with Crippen LogP contribution in [0.15, 0.2) is 53.5 Å². The number of anilines is 1. The number of benzene rings is 2. The first-order valence-electron chi connectivity index (χ1n) is 10.4.